The van der Waals surface area contributed by atoms with Gasteiger partial charge in [-0.15, -0.1) is 12.6 Å². The van der Waals surface area contributed by atoms with Gasteiger partial charge in [0.05, 0.1) is 10.8 Å². The first-order valence-corrected chi connectivity index (χ1v) is 5.38. The summed E-state index contributed by atoms with van der Waals surface area (Å²) in [4.78, 5) is 9.94. The van der Waals surface area contributed by atoms with Crippen LogP contribution in [0.25, 0.3) is 0 Å². The van der Waals surface area contributed by atoms with Gasteiger partial charge in [-0.1, -0.05) is 6.07 Å². The van der Waals surface area contributed by atoms with E-state index in [0.717, 1.165) is 12.1 Å². The Hall–Kier alpha value is -0.820. The Balaban J connectivity index is 0.000000366. The summed E-state index contributed by atoms with van der Waals surface area (Å²) in [6.45, 7) is 1.51. The van der Waals surface area contributed by atoms with Gasteiger partial charge in [0.1, 0.15) is 0 Å². The molecule has 2 nitrogen and oxygen atoms in total. The maximum atomic E-state index is 11.9. The topological polar surface area (TPSA) is 37.3 Å². The number of thiol groups is 2. The van der Waals surface area contributed by atoms with E-state index in [0.29, 0.717) is 4.90 Å². The van der Waals surface area contributed by atoms with Crippen molar-refractivity contribution in [1.29, 1.82) is 0 Å². The third-order valence-corrected chi connectivity index (χ3v) is 2.03. The van der Waals surface area contributed by atoms with Gasteiger partial charge >= 0.3 is 12.1 Å². The molecular weight excluding hydrogens is 273 g/mol. The molecule has 0 aliphatic carbocycles. The first-order chi connectivity index (χ1) is 7.64. The second-order valence-electron chi connectivity index (χ2n) is 3.06. The molecule has 17 heavy (non-hydrogen) atoms. The Morgan fingerprint density at radius 3 is 2.12 bits per heavy atom. The third-order valence-electron chi connectivity index (χ3n) is 1.53. The summed E-state index contributed by atoms with van der Waals surface area (Å²) < 4.78 is 35.8. The largest absolute Gasteiger partial charge is 0.480 e. The Morgan fingerprint density at radius 2 is 1.88 bits per heavy atom. The lowest BCUT2D eigenvalue weighted by molar-refractivity contribution is -0.138. The zero-order valence-corrected chi connectivity index (χ0v) is 10.6. The van der Waals surface area contributed by atoms with Crippen molar-refractivity contribution in [2.75, 3.05) is 0 Å². The fourth-order valence-corrected chi connectivity index (χ4v) is 0.907. The lowest BCUT2D eigenvalue weighted by Gasteiger charge is -2.05. The van der Waals surface area contributed by atoms with Crippen molar-refractivity contribution in [1.82, 2.24) is 0 Å². The highest BCUT2D eigenvalue weighted by Crippen LogP contribution is 2.29. The van der Waals surface area contributed by atoms with Gasteiger partial charge in [0, 0.05) is 4.90 Å². The summed E-state index contributed by atoms with van der Waals surface area (Å²) in [6.07, 6.45) is -4.27. The van der Waals surface area contributed by atoms with Crippen LogP contribution in [0.2, 0.25) is 0 Å². The molecule has 0 saturated carbocycles. The van der Waals surface area contributed by atoms with Crippen molar-refractivity contribution in [2.45, 2.75) is 23.2 Å². The predicted molar refractivity (Wildman–Crippen MR) is 64.8 cm³/mol. The fraction of sp³-hybridized carbons (Fsp3) is 0.300. The van der Waals surface area contributed by atoms with Crippen LogP contribution in [-0.4, -0.2) is 16.3 Å². The minimum absolute atomic E-state index is 0.319. The number of alkyl halides is 3. The number of carboxylic acid groups (broad SMARTS) is 1. The molecule has 1 rings (SSSR count). The third kappa shape index (κ3) is 7.17. The van der Waals surface area contributed by atoms with E-state index in [4.69, 9.17) is 5.11 Å². The van der Waals surface area contributed by atoms with Crippen molar-refractivity contribution in [2.24, 2.45) is 0 Å². The molecule has 0 aliphatic heterocycles. The van der Waals surface area contributed by atoms with Crippen molar-refractivity contribution in [3.63, 3.8) is 0 Å². The van der Waals surface area contributed by atoms with E-state index in [-0.39, 0.29) is 0 Å². The van der Waals surface area contributed by atoms with E-state index in [1.165, 1.54) is 19.1 Å². The highest BCUT2D eigenvalue weighted by Gasteiger charge is 2.29. The van der Waals surface area contributed by atoms with Crippen LogP contribution in [0.3, 0.4) is 0 Å². The van der Waals surface area contributed by atoms with Crippen molar-refractivity contribution >= 4 is 31.2 Å². The van der Waals surface area contributed by atoms with Crippen LogP contribution in [0.15, 0.2) is 29.2 Å². The first-order valence-electron chi connectivity index (χ1n) is 4.41. The SMILES string of the molecule is CC(S)C(=O)O.FC(F)(F)c1cccc(S)c1. The van der Waals surface area contributed by atoms with E-state index in [2.05, 4.69) is 25.3 Å². The van der Waals surface area contributed by atoms with Crippen LogP contribution in [0.1, 0.15) is 12.5 Å². The van der Waals surface area contributed by atoms with E-state index < -0.39 is 23.0 Å². The van der Waals surface area contributed by atoms with E-state index in [1.807, 2.05) is 0 Å². The smallest absolute Gasteiger partial charge is 0.416 e. The number of aliphatic carboxylic acids is 1. The average molecular weight is 284 g/mol. The van der Waals surface area contributed by atoms with Gasteiger partial charge in [0.25, 0.3) is 0 Å². The maximum absolute atomic E-state index is 11.9. The van der Waals surface area contributed by atoms with Crippen LogP contribution >= 0.6 is 25.3 Å². The monoisotopic (exact) mass is 284 g/mol. The molecule has 0 aliphatic rings. The number of halogens is 3. The fourth-order valence-electron chi connectivity index (χ4n) is 0.682. The molecule has 1 aromatic carbocycles. The second kappa shape index (κ2) is 6.80. The number of rotatable bonds is 1. The first kappa shape index (κ1) is 16.2. The number of carbonyl (C=O) groups is 1. The van der Waals surface area contributed by atoms with E-state index in [9.17, 15) is 18.0 Å². The van der Waals surface area contributed by atoms with Gasteiger partial charge < -0.3 is 5.11 Å². The quantitative estimate of drug-likeness (QED) is 0.692. The van der Waals surface area contributed by atoms with Gasteiger partial charge in [-0.3, -0.25) is 4.79 Å². The van der Waals surface area contributed by atoms with Crippen molar-refractivity contribution in [3.05, 3.63) is 29.8 Å². The van der Waals surface area contributed by atoms with E-state index in [1.54, 1.807) is 0 Å². The highest BCUT2D eigenvalue weighted by molar-refractivity contribution is 7.81. The van der Waals surface area contributed by atoms with Crippen LogP contribution in [0, 0.1) is 0 Å². The molecule has 0 amide bonds. The van der Waals surface area contributed by atoms with Gasteiger partial charge in [-0.05, 0) is 25.1 Å². The molecule has 1 N–H and O–H groups in total. The van der Waals surface area contributed by atoms with Crippen molar-refractivity contribution in [3.8, 4) is 0 Å². The molecule has 1 aromatic rings. The maximum Gasteiger partial charge on any atom is 0.416 e. The molecule has 0 radical (unpaired) electrons. The zero-order chi connectivity index (χ0) is 13.6. The Labute approximate surface area is 108 Å². The summed E-state index contributed by atoms with van der Waals surface area (Å²) in [6, 6.07) is 4.83. The molecule has 0 heterocycles. The standard InChI is InChI=1S/C7H5F3S.C3H6O2S/c8-7(9,10)5-2-1-3-6(11)4-5;1-2(6)3(4)5/h1-4,11H;2,6H,1H3,(H,4,5). The van der Waals surface area contributed by atoms with Crippen LogP contribution in [0.5, 0.6) is 0 Å². The summed E-state index contributed by atoms with van der Waals surface area (Å²) in [5.74, 6) is -0.877. The zero-order valence-electron chi connectivity index (χ0n) is 8.77. The predicted octanol–water partition coefficient (Wildman–Crippen LogP) is 3.38. The number of hydrogen-bond donors (Lipinski definition) is 3. The lowest BCUT2D eigenvalue weighted by Crippen LogP contribution is -2.06. The molecule has 0 fully saturated rings. The molecule has 96 valence electrons. The van der Waals surface area contributed by atoms with Crippen LogP contribution < -0.4 is 0 Å². The van der Waals surface area contributed by atoms with E-state index >= 15 is 0 Å². The molecular formula is C10H11F3O2S2. The summed E-state index contributed by atoms with van der Waals surface area (Å²) >= 11 is 7.38. The molecule has 0 aromatic heterocycles. The Morgan fingerprint density at radius 1 is 1.41 bits per heavy atom. The van der Waals surface area contributed by atoms with Crippen LogP contribution in [-0.2, 0) is 11.0 Å². The summed E-state index contributed by atoms with van der Waals surface area (Å²) in [5.41, 5.74) is -0.662. The highest BCUT2D eigenvalue weighted by atomic mass is 32.1. The Bertz CT molecular complexity index is 378. The molecule has 1 atom stereocenters. The Kier molecular flexibility index (Phi) is 6.48. The van der Waals surface area contributed by atoms with Crippen LogP contribution in [0.4, 0.5) is 13.2 Å². The summed E-state index contributed by atoms with van der Waals surface area (Å²) in [5, 5.41) is 7.38. The van der Waals surface area contributed by atoms with Gasteiger partial charge in [-0.2, -0.15) is 25.8 Å². The number of carboxylic acids is 1. The van der Waals surface area contributed by atoms with Gasteiger partial charge in [0.15, 0.2) is 0 Å². The molecule has 0 bridgehead atoms. The molecule has 0 spiro atoms. The normalized spacial score (nSPS) is 12.4. The number of benzene rings is 1. The minimum Gasteiger partial charge on any atom is -0.480 e. The molecule has 7 heteroatoms. The average Bonchev–Trinajstić information content (AvgIpc) is 2.17. The molecule has 1 unspecified atom stereocenters. The second-order valence-corrected chi connectivity index (χ2v) is 4.35. The minimum atomic E-state index is -4.27. The van der Waals surface area contributed by atoms with Gasteiger partial charge in [-0.25, -0.2) is 0 Å². The van der Waals surface area contributed by atoms with Gasteiger partial charge in [0.2, 0.25) is 0 Å². The lowest BCUT2D eigenvalue weighted by atomic mass is 10.2. The summed E-state index contributed by atoms with van der Waals surface area (Å²) in [7, 11) is 0. The molecule has 0 saturated heterocycles. The number of hydrogen-bond acceptors (Lipinski definition) is 3. The van der Waals surface area contributed by atoms with Crippen molar-refractivity contribution < 1.29 is 23.1 Å².